The second kappa shape index (κ2) is 10.8. The van der Waals surface area contributed by atoms with E-state index in [-0.39, 0.29) is 0 Å². The maximum Gasteiger partial charge on any atom is 0.173 e. The van der Waals surface area contributed by atoms with E-state index in [0.29, 0.717) is 19.1 Å². The van der Waals surface area contributed by atoms with Gasteiger partial charge in [0.15, 0.2) is 16.6 Å². The molecule has 1 N–H and O–H groups in total. The average Bonchev–Trinajstić information content (AvgIpc) is 3.40. The lowest BCUT2D eigenvalue weighted by atomic mass is 9.98. The van der Waals surface area contributed by atoms with E-state index in [4.69, 9.17) is 26.7 Å². The Morgan fingerprint density at radius 2 is 1.77 bits per heavy atom. The SMILES string of the molecule is CCN(CC)c1ccc(-c2csc(C3CCN(C(=S)Nc4ccc5c(c4)OCCO5)CC3)n2)cc1. The molecule has 0 unspecified atom stereocenters. The Balaban J connectivity index is 1.16. The highest BCUT2D eigenvalue weighted by atomic mass is 32.1. The second-order valence-corrected chi connectivity index (χ2v) is 10.1. The van der Waals surface area contributed by atoms with Crippen LogP contribution in [0, 0.1) is 0 Å². The molecule has 8 heteroatoms. The Kier molecular flexibility index (Phi) is 7.39. The van der Waals surface area contributed by atoms with E-state index < -0.39 is 0 Å². The highest BCUT2D eigenvalue weighted by Gasteiger charge is 2.25. The van der Waals surface area contributed by atoms with Crippen molar-refractivity contribution in [2.75, 3.05) is 49.6 Å². The monoisotopic (exact) mass is 508 g/mol. The molecule has 184 valence electrons. The van der Waals surface area contributed by atoms with E-state index in [9.17, 15) is 0 Å². The van der Waals surface area contributed by atoms with E-state index in [2.05, 4.69) is 58.6 Å². The van der Waals surface area contributed by atoms with Crippen molar-refractivity contribution in [1.82, 2.24) is 9.88 Å². The summed E-state index contributed by atoms with van der Waals surface area (Å²) in [7, 11) is 0. The fraction of sp³-hybridized carbons (Fsp3) is 0.407. The van der Waals surface area contributed by atoms with Gasteiger partial charge in [-0.3, -0.25) is 0 Å². The Hall–Kier alpha value is -2.84. The number of nitrogens with zero attached hydrogens (tertiary/aromatic N) is 3. The molecule has 0 aliphatic carbocycles. The van der Waals surface area contributed by atoms with E-state index in [1.807, 2.05) is 18.2 Å². The molecule has 0 spiro atoms. The smallest absolute Gasteiger partial charge is 0.173 e. The van der Waals surface area contributed by atoms with E-state index >= 15 is 0 Å². The van der Waals surface area contributed by atoms with Crippen molar-refractivity contribution in [3.8, 4) is 22.8 Å². The largest absolute Gasteiger partial charge is 0.486 e. The Bertz CT molecular complexity index is 1150. The van der Waals surface area contributed by atoms with Crippen molar-refractivity contribution < 1.29 is 9.47 Å². The summed E-state index contributed by atoms with van der Waals surface area (Å²) >= 11 is 7.49. The molecule has 1 saturated heterocycles. The third kappa shape index (κ3) is 5.38. The molecule has 2 aliphatic rings. The summed E-state index contributed by atoms with van der Waals surface area (Å²) in [4.78, 5) is 9.62. The van der Waals surface area contributed by atoms with E-state index in [0.717, 1.165) is 67.0 Å². The van der Waals surface area contributed by atoms with Crippen LogP contribution in [-0.4, -0.2) is 54.4 Å². The number of nitrogens with one attached hydrogen (secondary N) is 1. The van der Waals surface area contributed by atoms with Gasteiger partial charge in [-0.25, -0.2) is 4.98 Å². The molecular weight excluding hydrogens is 476 g/mol. The normalized spacial score (nSPS) is 15.7. The molecule has 1 fully saturated rings. The number of hydrogen-bond acceptors (Lipinski definition) is 6. The van der Waals surface area contributed by atoms with Gasteiger partial charge in [0.2, 0.25) is 0 Å². The molecule has 3 aromatic rings. The summed E-state index contributed by atoms with van der Waals surface area (Å²) in [5.74, 6) is 2.04. The molecule has 3 heterocycles. The van der Waals surface area contributed by atoms with Crippen molar-refractivity contribution in [3.63, 3.8) is 0 Å². The number of fused-ring (bicyclic) bond motifs is 1. The zero-order valence-electron chi connectivity index (χ0n) is 20.3. The number of likely N-dealkylation sites (tertiary alicyclic amines) is 1. The molecule has 0 radical (unpaired) electrons. The minimum absolute atomic E-state index is 0.483. The minimum Gasteiger partial charge on any atom is -0.486 e. The van der Waals surface area contributed by atoms with Gasteiger partial charge in [-0.05, 0) is 63.2 Å². The van der Waals surface area contributed by atoms with Crippen molar-refractivity contribution in [1.29, 1.82) is 0 Å². The fourth-order valence-electron chi connectivity index (χ4n) is 4.69. The number of hydrogen-bond donors (Lipinski definition) is 1. The number of benzene rings is 2. The van der Waals surface area contributed by atoms with Gasteiger partial charge >= 0.3 is 0 Å². The van der Waals surface area contributed by atoms with Gasteiger partial charge in [0.05, 0.1) is 10.7 Å². The second-order valence-electron chi connectivity index (χ2n) is 8.84. The molecule has 0 amide bonds. The standard InChI is InChI=1S/C27H32N4O2S2/c1-3-30(4-2)22-8-5-19(6-9-22)23-18-35-26(29-23)20-11-13-31(14-12-20)27(34)28-21-7-10-24-25(17-21)33-16-15-32-24/h5-10,17-18,20H,3-4,11-16H2,1-2H3,(H,28,34). The van der Waals surface area contributed by atoms with Crippen LogP contribution in [0.1, 0.15) is 37.6 Å². The van der Waals surface area contributed by atoms with Gasteiger partial charge in [-0.2, -0.15) is 0 Å². The lowest BCUT2D eigenvalue weighted by Crippen LogP contribution is -2.40. The third-order valence-corrected chi connectivity index (χ3v) is 8.11. The van der Waals surface area contributed by atoms with Crippen LogP contribution in [0.2, 0.25) is 0 Å². The Labute approximate surface area is 216 Å². The summed E-state index contributed by atoms with van der Waals surface area (Å²) in [6.07, 6.45) is 2.10. The number of ether oxygens (including phenoxy) is 2. The Morgan fingerprint density at radius 1 is 1.06 bits per heavy atom. The molecule has 35 heavy (non-hydrogen) atoms. The van der Waals surface area contributed by atoms with E-state index in [1.165, 1.54) is 16.3 Å². The number of piperidine rings is 1. The lowest BCUT2D eigenvalue weighted by molar-refractivity contribution is 0.171. The topological polar surface area (TPSA) is 49.9 Å². The van der Waals surface area contributed by atoms with Crippen LogP contribution in [0.3, 0.4) is 0 Å². The first-order valence-corrected chi connectivity index (χ1v) is 13.7. The van der Waals surface area contributed by atoms with Gasteiger partial charge in [-0.1, -0.05) is 12.1 Å². The van der Waals surface area contributed by atoms with Gasteiger partial charge in [-0.15, -0.1) is 11.3 Å². The van der Waals surface area contributed by atoms with Crippen molar-refractivity contribution >= 4 is 40.0 Å². The molecular formula is C27H32N4O2S2. The van der Waals surface area contributed by atoms with Crippen LogP contribution >= 0.6 is 23.6 Å². The van der Waals surface area contributed by atoms with Gasteiger partial charge in [0.1, 0.15) is 13.2 Å². The molecule has 0 saturated carbocycles. The van der Waals surface area contributed by atoms with Crippen LogP contribution in [0.5, 0.6) is 11.5 Å². The summed E-state index contributed by atoms with van der Waals surface area (Å²) in [5.41, 5.74) is 4.46. The quantitative estimate of drug-likeness (QED) is 0.410. The predicted molar refractivity (Wildman–Crippen MR) is 148 cm³/mol. The molecule has 6 nitrogen and oxygen atoms in total. The van der Waals surface area contributed by atoms with Crippen molar-refractivity contribution in [2.45, 2.75) is 32.6 Å². The first-order valence-electron chi connectivity index (χ1n) is 12.4. The van der Waals surface area contributed by atoms with Crippen LogP contribution in [0.15, 0.2) is 47.8 Å². The number of rotatable bonds is 6. The van der Waals surface area contributed by atoms with Crippen molar-refractivity contribution in [2.24, 2.45) is 0 Å². The Morgan fingerprint density at radius 3 is 2.49 bits per heavy atom. The summed E-state index contributed by atoms with van der Waals surface area (Å²) < 4.78 is 11.3. The number of thiocarbonyl (C=S) groups is 1. The summed E-state index contributed by atoms with van der Waals surface area (Å²) in [5, 5.41) is 7.56. The molecule has 0 bridgehead atoms. The highest BCUT2D eigenvalue weighted by Crippen LogP contribution is 2.35. The first-order chi connectivity index (χ1) is 17.1. The number of anilines is 2. The number of thiazole rings is 1. The first kappa shape index (κ1) is 23.9. The van der Waals surface area contributed by atoms with E-state index in [1.54, 1.807) is 11.3 Å². The predicted octanol–water partition coefficient (Wildman–Crippen LogP) is 6.00. The highest BCUT2D eigenvalue weighted by molar-refractivity contribution is 7.80. The molecule has 2 aromatic carbocycles. The van der Waals surface area contributed by atoms with Gasteiger partial charge in [0, 0.05) is 60.5 Å². The lowest BCUT2D eigenvalue weighted by Gasteiger charge is -2.33. The maximum absolute atomic E-state index is 5.71. The van der Waals surface area contributed by atoms with Crippen LogP contribution in [-0.2, 0) is 0 Å². The molecule has 1 aromatic heterocycles. The minimum atomic E-state index is 0.483. The fourth-order valence-corrected chi connectivity index (χ4v) is 5.99. The van der Waals surface area contributed by atoms with Gasteiger partial charge < -0.3 is 24.6 Å². The zero-order chi connectivity index (χ0) is 24.2. The molecule has 0 atom stereocenters. The van der Waals surface area contributed by atoms with Crippen LogP contribution in [0.4, 0.5) is 11.4 Å². The zero-order valence-corrected chi connectivity index (χ0v) is 22.0. The van der Waals surface area contributed by atoms with Crippen LogP contribution in [0.25, 0.3) is 11.3 Å². The van der Waals surface area contributed by atoms with Crippen molar-refractivity contribution in [3.05, 3.63) is 52.9 Å². The molecule has 5 rings (SSSR count). The van der Waals surface area contributed by atoms with Gasteiger partial charge in [0.25, 0.3) is 0 Å². The third-order valence-electron chi connectivity index (χ3n) is 6.74. The summed E-state index contributed by atoms with van der Waals surface area (Å²) in [6, 6.07) is 14.7. The van der Waals surface area contributed by atoms with Crippen LogP contribution < -0.4 is 19.7 Å². The number of aromatic nitrogens is 1. The average molecular weight is 509 g/mol. The summed E-state index contributed by atoms with van der Waals surface area (Å²) in [6.45, 7) is 9.44. The maximum atomic E-state index is 5.71. The molecule has 2 aliphatic heterocycles.